The second kappa shape index (κ2) is 3.97. The summed E-state index contributed by atoms with van der Waals surface area (Å²) in [6, 6.07) is 3.95. The SMILES string of the molecule is CC1(C)CN(C(=O)C2CC2)c2c(Cl)cc(Br)cc21. The molecule has 2 aliphatic rings. The molecular formula is C14H15BrClNO. The van der Waals surface area contributed by atoms with Crippen LogP contribution in [0.3, 0.4) is 0 Å². The molecule has 2 nitrogen and oxygen atoms in total. The number of hydrogen-bond acceptors (Lipinski definition) is 1. The number of anilines is 1. The highest BCUT2D eigenvalue weighted by Gasteiger charge is 2.43. The molecule has 0 aromatic heterocycles. The Balaban J connectivity index is 2.11. The molecule has 1 aromatic carbocycles. The average Bonchev–Trinajstić information content (AvgIpc) is 3.05. The highest BCUT2D eigenvalue weighted by Crippen LogP contribution is 2.48. The van der Waals surface area contributed by atoms with E-state index in [1.807, 2.05) is 11.0 Å². The van der Waals surface area contributed by atoms with E-state index < -0.39 is 0 Å². The average molecular weight is 329 g/mol. The van der Waals surface area contributed by atoms with Crippen molar-refractivity contribution in [2.75, 3.05) is 11.4 Å². The van der Waals surface area contributed by atoms with Crippen LogP contribution in [0.1, 0.15) is 32.3 Å². The number of rotatable bonds is 1. The summed E-state index contributed by atoms with van der Waals surface area (Å²) in [6.45, 7) is 5.05. The minimum atomic E-state index is -0.0344. The lowest BCUT2D eigenvalue weighted by molar-refractivity contribution is -0.119. The van der Waals surface area contributed by atoms with Crippen LogP contribution in [0.15, 0.2) is 16.6 Å². The van der Waals surface area contributed by atoms with Crippen molar-refractivity contribution in [1.29, 1.82) is 0 Å². The van der Waals surface area contributed by atoms with Crippen molar-refractivity contribution in [3.05, 3.63) is 27.2 Å². The quantitative estimate of drug-likeness (QED) is 0.759. The molecule has 0 spiro atoms. The maximum atomic E-state index is 12.4. The van der Waals surface area contributed by atoms with Gasteiger partial charge in [-0.1, -0.05) is 41.4 Å². The monoisotopic (exact) mass is 327 g/mol. The fourth-order valence-corrected chi connectivity index (χ4v) is 3.57. The zero-order valence-electron chi connectivity index (χ0n) is 10.5. The van der Waals surface area contributed by atoms with Gasteiger partial charge in [0.15, 0.2) is 0 Å². The maximum Gasteiger partial charge on any atom is 0.230 e. The molecule has 1 aromatic rings. The molecular weight excluding hydrogens is 314 g/mol. The van der Waals surface area contributed by atoms with Crippen molar-refractivity contribution in [2.24, 2.45) is 5.92 Å². The van der Waals surface area contributed by atoms with Gasteiger partial charge in [0.2, 0.25) is 5.91 Å². The summed E-state index contributed by atoms with van der Waals surface area (Å²) >= 11 is 9.82. The van der Waals surface area contributed by atoms with Gasteiger partial charge in [0, 0.05) is 22.4 Å². The number of carbonyl (C=O) groups is 1. The van der Waals surface area contributed by atoms with Gasteiger partial charge in [-0.2, -0.15) is 0 Å². The van der Waals surface area contributed by atoms with Gasteiger partial charge in [-0.25, -0.2) is 0 Å². The van der Waals surface area contributed by atoms with Crippen LogP contribution in [-0.4, -0.2) is 12.5 Å². The summed E-state index contributed by atoms with van der Waals surface area (Å²) in [5.41, 5.74) is 2.05. The second-order valence-corrected chi connectivity index (χ2v) is 7.19. The van der Waals surface area contributed by atoms with Crippen LogP contribution in [0, 0.1) is 5.92 Å². The van der Waals surface area contributed by atoms with E-state index in [1.165, 1.54) is 0 Å². The minimum Gasteiger partial charge on any atom is -0.310 e. The Bertz CT molecular complexity index is 537. The smallest absolute Gasteiger partial charge is 0.230 e. The van der Waals surface area contributed by atoms with Crippen LogP contribution in [0.2, 0.25) is 5.02 Å². The Kier molecular flexibility index (Phi) is 2.76. The fourth-order valence-electron chi connectivity index (χ4n) is 2.65. The van der Waals surface area contributed by atoms with E-state index in [2.05, 4.69) is 35.8 Å². The largest absolute Gasteiger partial charge is 0.310 e. The van der Waals surface area contributed by atoms with E-state index in [1.54, 1.807) is 0 Å². The molecule has 1 aliphatic carbocycles. The number of nitrogens with zero attached hydrogens (tertiary/aromatic N) is 1. The van der Waals surface area contributed by atoms with Crippen molar-refractivity contribution in [1.82, 2.24) is 0 Å². The van der Waals surface area contributed by atoms with Crippen LogP contribution in [0.5, 0.6) is 0 Å². The summed E-state index contributed by atoms with van der Waals surface area (Å²) in [4.78, 5) is 14.2. The lowest BCUT2D eigenvalue weighted by atomic mass is 9.87. The standard InChI is InChI=1S/C14H15BrClNO/c1-14(2)7-17(13(18)8-3-4-8)12-10(14)5-9(15)6-11(12)16/h5-6,8H,3-4,7H2,1-2H3. The molecule has 1 fully saturated rings. The lowest BCUT2D eigenvalue weighted by Crippen LogP contribution is -2.34. The third kappa shape index (κ3) is 1.88. The van der Waals surface area contributed by atoms with Gasteiger partial charge >= 0.3 is 0 Å². The minimum absolute atomic E-state index is 0.0344. The van der Waals surface area contributed by atoms with Gasteiger partial charge in [0.05, 0.1) is 10.7 Å². The molecule has 18 heavy (non-hydrogen) atoms. The van der Waals surface area contributed by atoms with Crippen LogP contribution in [-0.2, 0) is 10.2 Å². The third-order valence-electron chi connectivity index (χ3n) is 3.77. The first-order chi connectivity index (χ1) is 8.40. The molecule has 0 bridgehead atoms. The van der Waals surface area contributed by atoms with E-state index in [9.17, 15) is 4.79 Å². The van der Waals surface area contributed by atoms with Crippen molar-refractivity contribution in [3.63, 3.8) is 0 Å². The predicted molar refractivity (Wildman–Crippen MR) is 77.3 cm³/mol. The Morgan fingerprint density at radius 3 is 2.72 bits per heavy atom. The highest BCUT2D eigenvalue weighted by atomic mass is 79.9. The van der Waals surface area contributed by atoms with E-state index >= 15 is 0 Å². The molecule has 0 radical (unpaired) electrons. The molecule has 96 valence electrons. The topological polar surface area (TPSA) is 20.3 Å². The van der Waals surface area contributed by atoms with Crippen molar-refractivity contribution < 1.29 is 4.79 Å². The molecule has 0 N–H and O–H groups in total. The third-order valence-corrected chi connectivity index (χ3v) is 4.52. The van der Waals surface area contributed by atoms with E-state index in [4.69, 9.17) is 11.6 Å². The van der Waals surface area contributed by atoms with Crippen LogP contribution >= 0.6 is 27.5 Å². The molecule has 1 saturated carbocycles. The molecule has 0 saturated heterocycles. The Hall–Kier alpha value is -0.540. The Labute approximate surface area is 120 Å². The second-order valence-electron chi connectivity index (χ2n) is 5.87. The molecule has 1 amide bonds. The van der Waals surface area contributed by atoms with Crippen LogP contribution in [0.4, 0.5) is 5.69 Å². The first-order valence-corrected chi connectivity index (χ1v) is 7.38. The normalized spacial score (nSPS) is 21.0. The summed E-state index contributed by atoms with van der Waals surface area (Å²) < 4.78 is 0.972. The maximum absolute atomic E-state index is 12.4. The number of halogens is 2. The molecule has 1 aliphatic heterocycles. The molecule has 0 unspecified atom stereocenters. The van der Waals surface area contributed by atoms with Crippen molar-refractivity contribution in [3.8, 4) is 0 Å². The molecule has 3 rings (SSSR count). The zero-order chi connectivity index (χ0) is 13.1. The molecule has 4 heteroatoms. The van der Waals surface area contributed by atoms with Crippen LogP contribution < -0.4 is 4.90 Å². The number of fused-ring (bicyclic) bond motifs is 1. The van der Waals surface area contributed by atoms with E-state index in [0.717, 1.165) is 35.1 Å². The number of carbonyl (C=O) groups excluding carboxylic acids is 1. The van der Waals surface area contributed by atoms with E-state index in [-0.39, 0.29) is 17.2 Å². The number of hydrogen-bond donors (Lipinski definition) is 0. The van der Waals surface area contributed by atoms with Gasteiger partial charge in [-0.15, -0.1) is 0 Å². The molecule has 0 atom stereocenters. The van der Waals surface area contributed by atoms with Gasteiger partial charge < -0.3 is 4.90 Å². The van der Waals surface area contributed by atoms with Crippen molar-refractivity contribution >= 4 is 39.1 Å². The van der Waals surface area contributed by atoms with Gasteiger partial charge in [-0.3, -0.25) is 4.79 Å². The molecule has 1 heterocycles. The Morgan fingerprint density at radius 2 is 2.11 bits per heavy atom. The fraction of sp³-hybridized carbons (Fsp3) is 0.500. The predicted octanol–water partition coefficient (Wildman–Crippen LogP) is 4.14. The van der Waals surface area contributed by atoms with Gasteiger partial charge in [0.25, 0.3) is 0 Å². The van der Waals surface area contributed by atoms with E-state index in [0.29, 0.717) is 5.02 Å². The zero-order valence-corrected chi connectivity index (χ0v) is 12.8. The summed E-state index contributed by atoms with van der Waals surface area (Å²) in [5, 5.41) is 0.666. The first kappa shape index (κ1) is 12.5. The van der Waals surface area contributed by atoms with Crippen molar-refractivity contribution in [2.45, 2.75) is 32.1 Å². The highest BCUT2D eigenvalue weighted by molar-refractivity contribution is 9.10. The summed E-state index contributed by atoms with van der Waals surface area (Å²) in [5.74, 6) is 0.470. The first-order valence-electron chi connectivity index (χ1n) is 6.21. The Morgan fingerprint density at radius 1 is 1.44 bits per heavy atom. The summed E-state index contributed by atoms with van der Waals surface area (Å²) in [7, 11) is 0. The number of amides is 1. The lowest BCUT2D eigenvalue weighted by Gasteiger charge is -2.20. The van der Waals surface area contributed by atoms with Gasteiger partial charge in [-0.05, 0) is 30.5 Å². The van der Waals surface area contributed by atoms with Gasteiger partial charge in [0.1, 0.15) is 0 Å². The summed E-state index contributed by atoms with van der Waals surface area (Å²) in [6.07, 6.45) is 2.05. The van der Waals surface area contributed by atoms with Crippen LogP contribution in [0.25, 0.3) is 0 Å². The number of benzene rings is 1.